The van der Waals surface area contributed by atoms with Crippen molar-refractivity contribution in [2.45, 2.75) is 13.3 Å². The van der Waals surface area contributed by atoms with Gasteiger partial charge in [-0.3, -0.25) is 0 Å². The van der Waals surface area contributed by atoms with Gasteiger partial charge in [-0.1, -0.05) is 6.92 Å². The van der Waals surface area contributed by atoms with Gasteiger partial charge in [0.2, 0.25) is 5.95 Å². The van der Waals surface area contributed by atoms with Gasteiger partial charge in [0, 0.05) is 19.3 Å². The summed E-state index contributed by atoms with van der Waals surface area (Å²) in [5.41, 5.74) is 0. The molecule has 18 heavy (non-hydrogen) atoms. The minimum Gasteiger partial charge on any atom is -0.394 e. The number of halogens is 1. The standard InChI is InChI=1S/C11H19BrN4O2/c1-2-3-14-11-15-8-9(12)10(16-11)13-4-6-18-7-5-17/h8,17H,2-7H2,1H3,(H2,13,14,15,16). The van der Waals surface area contributed by atoms with E-state index in [1.54, 1.807) is 6.20 Å². The van der Waals surface area contributed by atoms with Crippen molar-refractivity contribution in [3.8, 4) is 0 Å². The van der Waals surface area contributed by atoms with Crippen LogP contribution in [-0.4, -0.2) is 48.0 Å². The normalized spacial score (nSPS) is 10.4. The Bertz CT molecular complexity index is 352. The highest BCUT2D eigenvalue weighted by atomic mass is 79.9. The van der Waals surface area contributed by atoms with Crippen molar-refractivity contribution >= 4 is 27.7 Å². The number of hydrogen-bond donors (Lipinski definition) is 3. The first-order valence-electron chi connectivity index (χ1n) is 5.96. The maximum atomic E-state index is 8.56. The van der Waals surface area contributed by atoms with E-state index in [0.717, 1.165) is 23.3 Å². The summed E-state index contributed by atoms with van der Waals surface area (Å²) in [5.74, 6) is 1.34. The van der Waals surface area contributed by atoms with Crippen LogP contribution in [0.3, 0.4) is 0 Å². The Morgan fingerprint density at radius 3 is 2.89 bits per heavy atom. The van der Waals surface area contributed by atoms with Crippen LogP contribution in [0.5, 0.6) is 0 Å². The zero-order valence-electron chi connectivity index (χ0n) is 10.4. The number of nitrogens with zero attached hydrogens (tertiary/aromatic N) is 2. The van der Waals surface area contributed by atoms with Crippen molar-refractivity contribution in [2.75, 3.05) is 43.5 Å². The van der Waals surface area contributed by atoms with E-state index in [9.17, 15) is 0 Å². The fourth-order valence-electron chi connectivity index (χ4n) is 1.22. The van der Waals surface area contributed by atoms with Crippen LogP contribution >= 0.6 is 15.9 Å². The summed E-state index contributed by atoms with van der Waals surface area (Å²) in [6, 6.07) is 0. The van der Waals surface area contributed by atoms with Crippen molar-refractivity contribution in [2.24, 2.45) is 0 Å². The molecule has 0 atom stereocenters. The minimum atomic E-state index is 0.0439. The molecule has 6 nitrogen and oxygen atoms in total. The molecule has 0 aliphatic heterocycles. The van der Waals surface area contributed by atoms with Crippen molar-refractivity contribution in [3.63, 3.8) is 0 Å². The summed E-state index contributed by atoms with van der Waals surface area (Å²) < 4.78 is 5.96. The highest BCUT2D eigenvalue weighted by Gasteiger charge is 2.03. The lowest BCUT2D eigenvalue weighted by atomic mass is 10.5. The van der Waals surface area contributed by atoms with Gasteiger partial charge in [0.25, 0.3) is 0 Å². The maximum Gasteiger partial charge on any atom is 0.224 e. The highest BCUT2D eigenvalue weighted by molar-refractivity contribution is 9.10. The molecule has 1 rings (SSSR count). The number of aromatic nitrogens is 2. The molecule has 0 amide bonds. The molecule has 3 N–H and O–H groups in total. The Morgan fingerprint density at radius 1 is 1.33 bits per heavy atom. The predicted molar refractivity (Wildman–Crippen MR) is 74.9 cm³/mol. The number of nitrogens with one attached hydrogen (secondary N) is 2. The van der Waals surface area contributed by atoms with Gasteiger partial charge in [0.15, 0.2) is 0 Å². The van der Waals surface area contributed by atoms with Gasteiger partial charge >= 0.3 is 0 Å². The average Bonchev–Trinajstić information content (AvgIpc) is 2.39. The molecular weight excluding hydrogens is 300 g/mol. The topological polar surface area (TPSA) is 79.3 Å². The molecule has 0 unspecified atom stereocenters. The first-order valence-corrected chi connectivity index (χ1v) is 6.76. The van der Waals surface area contributed by atoms with Gasteiger partial charge in [0.1, 0.15) is 5.82 Å². The van der Waals surface area contributed by atoms with E-state index in [0.29, 0.717) is 25.7 Å². The van der Waals surface area contributed by atoms with Crippen molar-refractivity contribution in [3.05, 3.63) is 10.7 Å². The second-order valence-corrected chi connectivity index (χ2v) is 4.43. The van der Waals surface area contributed by atoms with E-state index in [-0.39, 0.29) is 6.61 Å². The van der Waals surface area contributed by atoms with Crippen LogP contribution in [0, 0.1) is 0 Å². The second kappa shape index (κ2) is 9.07. The Kier molecular flexibility index (Phi) is 7.63. The van der Waals surface area contributed by atoms with Crippen LogP contribution < -0.4 is 10.6 Å². The van der Waals surface area contributed by atoms with Crippen molar-refractivity contribution < 1.29 is 9.84 Å². The molecule has 0 bridgehead atoms. The van der Waals surface area contributed by atoms with Gasteiger partial charge in [-0.2, -0.15) is 4.98 Å². The van der Waals surface area contributed by atoms with Gasteiger partial charge < -0.3 is 20.5 Å². The zero-order valence-corrected chi connectivity index (χ0v) is 12.0. The fraction of sp³-hybridized carbons (Fsp3) is 0.636. The molecular formula is C11H19BrN4O2. The molecule has 0 aliphatic carbocycles. The lowest BCUT2D eigenvalue weighted by Crippen LogP contribution is -2.13. The zero-order chi connectivity index (χ0) is 13.2. The Hall–Kier alpha value is -0.920. The molecule has 1 aromatic rings. The number of aliphatic hydroxyl groups excluding tert-OH is 1. The third-order valence-corrected chi connectivity index (χ3v) is 2.63. The fourth-order valence-corrected chi connectivity index (χ4v) is 1.55. The van der Waals surface area contributed by atoms with Gasteiger partial charge in [-0.15, -0.1) is 0 Å². The number of ether oxygens (including phenoxy) is 1. The molecule has 0 radical (unpaired) electrons. The molecule has 102 valence electrons. The molecule has 0 aliphatic rings. The molecule has 0 spiro atoms. The smallest absolute Gasteiger partial charge is 0.224 e. The average molecular weight is 319 g/mol. The van der Waals surface area contributed by atoms with Crippen molar-refractivity contribution in [1.82, 2.24) is 9.97 Å². The molecule has 1 aromatic heterocycles. The van der Waals surface area contributed by atoms with Crippen LogP contribution in [-0.2, 0) is 4.74 Å². The first-order chi connectivity index (χ1) is 8.77. The van der Waals surface area contributed by atoms with E-state index in [1.807, 2.05) is 0 Å². The van der Waals surface area contributed by atoms with Crippen LogP contribution in [0.25, 0.3) is 0 Å². The number of hydrogen-bond acceptors (Lipinski definition) is 6. The largest absolute Gasteiger partial charge is 0.394 e. The first kappa shape index (κ1) is 15.1. The monoisotopic (exact) mass is 318 g/mol. The van der Waals surface area contributed by atoms with E-state index < -0.39 is 0 Å². The third kappa shape index (κ3) is 5.61. The SMILES string of the molecule is CCCNc1ncc(Br)c(NCCOCCO)n1. The predicted octanol–water partition coefficient (Wildman–Crippen LogP) is 1.48. The van der Waals surface area contributed by atoms with Gasteiger partial charge in [-0.05, 0) is 22.4 Å². The summed E-state index contributed by atoms with van der Waals surface area (Å²) in [5, 5.41) is 14.8. The quantitative estimate of drug-likeness (QED) is 0.599. The van der Waals surface area contributed by atoms with Gasteiger partial charge in [-0.25, -0.2) is 4.98 Å². The molecule has 0 saturated heterocycles. The summed E-state index contributed by atoms with van der Waals surface area (Å²) in [7, 11) is 0. The summed E-state index contributed by atoms with van der Waals surface area (Å²) in [4.78, 5) is 8.50. The van der Waals surface area contributed by atoms with Crippen LogP contribution in [0.4, 0.5) is 11.8 Å². The molecule has 1 heterocycles. The van der Waals surface area contributed by atoms with E-state index in [2.05, 4.69) is 43.5 Å². The lowest BCUT2D eigenvalue weighted by molar-refractivity contribution is 0.0992. The Labute approximate surface area is 115 Å². The number of rotatable bonds is 9. The van der Waals surface area contributed by atoms with Crippen LogP contribution in [0.2, 0.25) is 0 Å². The lowest BCUT2D eigenvalue weighted by Gasteiger charge is -2.09. The van der Waals surface area contributed by atoms with Crippen molar-refractivity contribution in [1.29, 1.82) is 0 Å². The van der Waals surface area contributed by atoms with Gasteiger partial charge in [0.05, 0.1) is 24.3 Å². The maximum absolute atomic E-state index is 8.56. The second-order valence-electron chi connectivity index (χ2n) is 3.58. The summed E-state index contributed by atoms with van der Waals surface area (Å²) in [6.45, 7) is 4.49. The number of aliphatic hydroxyl groups is 1. The molecule has 0 fully saturated rings. The summed E-state index contributed by atoms with van der Waals surface area (Å²) >= 11 is 3.39. The Balaban J connectivity index is 2.42. The molecule has 0 saturated carbocycles. The number of anilines is 2. The van der Waals surface area contributed by atoms with E-state index in [4.69, 9.17) is 9.84 Å². The Morgan fingerprint density at radius 2 is 2.17 bits per heavy atom. The minimum absolute atomic E-state index is 0.0439. The summed E-state index contributed by atoms with van der Waals surface area (Å²) in [6.07, 6.45) is 2.74. The molecule has 7 heteroatoms. The third-order valence-electron chi connectivity index (χ3n) is 2.05. The highest BCUT2D eigenvalue weighted by Crippen LogP contribution is 2.19. The van der Waals surface area contributed by atoms with E-state index >= 15 is 0 Å². The molecule has 0 aromatic carbocycles. The van der Waals surface area contributed by atoms with Crippen LogP contribution in [0.15, 0.2) is 10.7 Å². The van der Waals surface area contributed by atoms with E-state index in [1.165, 1.54) is 0 Å². The van der Waals surface area contributed by atoms with Crippen LogP contribution in [0.1, 0.15) is 13.3 Å².